The maximum Gasteiger partial charge on any atom is 0.0532 e. The molecule has 0 spiro atoms. The third-order valence-corrected chi connectivity index (χ3v) is 8.63. The second-order valence-corrected chi connectivity index (χ2v) is 12.0. The van der Waals surface area contributed by atoms with Crippen molar-refractivity contribution in [2.75, 3.05) is 9.80 Å². The van der Waals surface area contributed by atoms with Crippen molar-refractivity contribution in [3.63, 3.8) is 0 Å². The van der Waals surface area contributed by atoms with Crippen LogP contribution in [0.4, 0.5) is 34.1 Å². The van der Waals surface area contributed by atoms with Crippen LogP contribution in [0.2, 0.25) is 0 Å². The normalized spacial score (nSPS) is 10.7. The van der Waals surface area contributed by atoms with Gasteiger partial charge in [-0.3, -0.25) is 0 Å². The minimum Gasteiger partial charge on any atom is -0.314 e. The molecule has 7 aromatic carbocycles. The summed E-state index contributed by atoms with van der Waals surface area (Å²) in [5, 5.41) is 3.66. The van der Waals surface area contributed by atoms with Gasteiger partial charge in [0.25, 0.3) is 0 Å². The fraction of sp³-hybridized carbons (Fsp3) is 0.0435. The summed E-state index contributed by atoms with van der Waals surface area (Å²) in [7, 11) is 0. The van der Waals surface area contributed by atoms with E-state index in [4.69, 9.17) is 0 Å². The number of aromatic nitrogens is 1. The Labute approximate surface area is 289 Å². The minimum absolute atomic E-state index is 1.10. The Morgan fingerprint density at radius 3 is 1.41 bits per heavy atom. The van der Waals surface area contributed by atoms with Crippen LogP contribution in [0.3, 0.4) is 0 Å². The van der Waals surface area contributed by atoms with Crippen LogP contribution in [0.15, 0.2) is 195 Å². The molecule has 0 bridgehead atoms. The van der Waals surface area contributed by atoms with Gasteiger partial charge in [-0.2, -0.15) is 0 Å². The highest BCUT2D eigenvalue weighted by Crippen LogP contribution is 2.41. The van der Waals surface area contributed by atoms with Crippen molar-refractivity contribution in [1.29, 1.82) is 0 Å². The molecule has 0 aliphatic rings. The second-order valence-electron chi connectivity index (χ2n) is 12.0. The molecule has 238 valence electrons. The molecule has 8 rings (SSSR count). The Morgan fingerprint density at radius 1 is 0.429 bits per heavy atom. The zero-order valence-corrected chi connectivity index (χ0v) is 27.9. The number of hydrogen-bond donors (Lipinski definition) is 0. The molecule has 49 heavy (non-hydrogen) atoms. The largest absolute Gasteiger partial charge is 0.314 e. The van der Waals surface area contributed by atoms with Gasteiger partial charge >= 0.3 is 0 Å². The monoisotopic (exact) mass is 633 g/mol. The van der Waals surface area contributed by atoms with E-state index in [1.807, 2.05) is 6.92 Å². The third-order valence-electron chi connectivity index (χ3n) is 8.63. The predicted molar refractivity (Wildman–Crippen MR) is 211 cm³/mol. The van der Waals surface area contributed by atoms with Crippen molar-refractivity contribution in [1.82, 2.24) is 4.57 Å². The molecule has 0 saturated carbocycles. The molecule has 0 fully saturated rings. The standard InChI is InChI=1S/C43H33N3.C3H6/c1-32-29-35-31-42(27-28-43(35)44(32)36-15-5-2-6-16-36)46(41-22-21-33-13-11-12-14-34(33)30-41)40-25-23-39(24-26-40)45(37-17-7-3-8-18-37)38-19-9-4-10-20-38;1-3-2/h2-31H,1H3;3H,1H2,2H3. The highest BCUT2D eigenvalue weighted by Gasteiger charge is 2.18. The number of allylic oxidation sites excluding steroid dienone is 1. The van der Waals surface area contributed by atoms with Crippen molar-refractivity contribution >= 4 is 55.8 Å². The average Bonchev–Trinajstić information content (AvgIpc) is 3.49. The maximum absolute atomic E-state index is 3.36. The van der Waals surface area contributed by atoms with Crippen molar-refractivity contribution in [3.05, 3.63) is 200 Å². The lowest BCUT2D eigenvalue weighted by Gasteiger charge is -2.28. The molecular formula is C46H39N3. The lowest BCUT2D eigenvalue weighted by molar-refractivity contribution is 1.05. The number of rotatable bonds is 7. The van der Waals surface area contributed by atoms with Crippen LogP contribution < -0.4 is 9.80 Å². The van der Waals surface area contributed by atoms with Crippen LogP contribution in [0.5, 0.6) is 0 Å². The Bertz CT molecular complexity index is 2270. The van der Waals surface area contributed by atoms with E-state index in [2.05, 4.69) is 210 Å². The van der Waals surface area contributed by atoms with E-state index in [9.17, 15) is 0 Å². The number of anilines is 6. The van der Waals surface area contributed by atoms with Crippen LogP contribution in [-0.2, 0) is 0 Å². The van der Waals surface area contributed by atoms with Gasteiger partial charge in [-0.1, -0.05) is 91.0 Å². The average molecular weight is 634 g/mol. The summed E-state index contributed by atoms with van der Waals surface area (Å²) in [4.78, 5) is 4.66. The summed E-state index contributed by atoms with van der Waals surface area (Å²) in [6, 6.07) is 64.9. The summed E-state index contributed by atoms with van der Waals surface area (Å²) in [5.74, 6) is 0. The molecule has 1 heterocycles. The van der Waals surface area contributed by atoms with Crippen molar-refractivity contribution in [3.8, 4) is 5.69 Å². The Kier molecular flexibility index (Phi) is 9.07. The molecule has 0 saturated heterocycles. The number of para-hydroxylation sites is 3. The number of nitrogens with zero attached hydrogens (tertiary/aromatic N) is 3. The molecule has 0 unspecified atom stereocenters. The zero-order valence-electron chi connectivity index (χ0n) is 27.9. The summed E-state index contributed by atoms with van der Waals surface area (Å²) in [5.41, 5.74) is 10.3. The third kappa shape index (κ3) is 6.47. The molecule has 0 radical (unpaired) electrons. The molecule has 0 N–H and O–H groups in total. The fourth-order valence-corrected chi connectivity index (χ4v) is 6.51. The fourth-order valence-electron chi connectivity index (χ4n) is 6.51. The molecular weight excluding hydrogens is 595 g/mol. The zero-order chi connectivity index (χ0) is 33.6. The first-order valence-electron chi connectivity index (χ1n) is 16.7. The first kappa shape index (κ1) is 31.3. The van der Waals surface area contributed by atoms with Crippen LogP contribution in [0.25, 0.3) is 27.4 Å². The maximum atomic E-state index is 3.36. The number of hydrogen-bond acceptors (Lipinski definition) is 2. The van der Waals surface area contributed by atoms with Gasteiger partial charge in [-0.15, -0.1) is 6.58 Å². The molecule has 8 aromatic rings. The van der Waals surface area contributed by atoms with Gasteiger partial charge in [-0.05, 0) is 122 Å². The van der Waals surface area contributed by atoms with E-state index in [0.717, 1.165) is 34.1 Å². The molecule has 1 aromatic heterocycles. The predicted octanol–water partition coefficient (Wildman–Crippen LogP) is 13.2. The SMILES string of the molecule is C=CC.Cc1cc2cc(N(c3ccc(N(c4ccccc4)c4ccccc4)cc3)c3ccc4ccccc4c3)ccc2n1-c1ccccc1. The first-order valence-corrected chi connectivity index (χ1v) is 16.7. The molecule has 0 amide bonds. The van der Waals surface area contributed by atoms with Crippen LogP contribution in [-0.4, -0.2) is 4.57 Å². The van der Waals surface area contributed by atoms with Crippen molar-refractivity contribution < 1.29 is 0 Å². The van der Waals surface area contributed by atoms with E-state index in [1.165, 1.54) is 33.1 Å². The summed E-state index contributed by atoms with van der Waals surface area (Å²) in [6.07, 6.45) is 1.75. The Balaban J connectivity index is 0.00000122. The van der Waals surface area contributed by atoms with Gasteiger partial charge < -0.3 is 14.4 Å². The van der Waals surface area contributed by atoms with Gasteiger partial charge in [0.1, 0.15) is 0 Å². The molecule has 3 nitrogen and oxygen atoms in total. The van der Waals surface area contributed by atoms with Crippen molar-refractivity contribution in [2.24, 2.45) is 0 Å². The first-order chi connectivity index (χ1) is 24.1. The topological polar surface area (TPSA) is 11.4 Å². The summed E-state index contributed by atoms with van der Waals surface area (Å²) in [6.45, 7) is 7.43. The highest BCUT2D eigenvalue weighted by molar-refractivity contribution is 5.93. The Morgan fingerprint density at radius 2 is 0.837 bits per heavy atom. The van der Waals surface area contributed by atoms with Gasteiger partial charge in [0.15, 0.2) is 0 Å². The van der Waals surface area contributed by atoms with E-state index >= 15 is 0 Å². The summed E-state index contributed by atoms with van der Waals surface area (Å²) < 4.78 is 2.33. The lowest BCUT2D eigenvalue weighted by Crippen LogP contribution is -2.12. The highest BCUT2D eigenvalue weighted by atomic mass is 15.2. The van der Waals surface area contributed by atoms with Crippen molar-refractivity contribution in [2.45, 2.75) is 13.8 Å². The van der Waals surface area contributed by atoms with E-state index in [-0.39, 0.29) is 0 Å². The van der Waals surface area contributed by atoms with Gasteiger partial charge in [0, 0.05) is 50.9 Å². The van der Waals surface area contributed by atoms with E-state index in [1.54, 1.807) is 6.08 Å². The van der Waals surface area contributed by atoms with Gasteiger partial charge in [0.2, 0.25) is 0 Å². The van der Waals surface area contributed by atoms with E-state index < -0.39 is 0 Å². The van der Waals surface area contributed by atoms with Gasteiger partial charge in [-0.25, -0.2) is 0 Å². The number of fused-ring (bicyclic) bond motifs is 2. The lowest BCUT2D eigenvalue weighted by atomic mass is 10.1. The molecule has 0 aliphatic carbocycles. The van der Waals surface area contributed by atoms with Crippen LogP contribution >= 0.6 is 0 Å². The number of aryl methyl sites for hydroxylation is 1. The Hall–Kier alpha value is -6.32. The van der Waals surface area contributed by atoms with Gasteiger partial charge in [0.05, 0.1) is 5.52 Å². The molecule has 0 aliphatic heterocycles. The van der Waals surface area contributed by atoms with Crippen LogP contribution in [0.1, 0.15) is 12.6 Å². The molecule has 3 heteroatoms. The number of benzene rings is 7. The minimum atomic E-state index is 1.10. The second kappa shape index (κ2) is 14.2. The van der Waals surface area contributed by atoms with Crippen LogP contribution in [0, 0.1) is 6.92 Å². The summed E-state index contributed by atoms with van der Waals surface area (Å²) >= 11 is 0. The quantitative estimate of drug-likeness (QED) is 0.162. The van der Waals surface area contributed by atoms with E-state index in [0.29, 0.717) is 0 Å². The smallest absolute Gasteiger partial charge is 0.0532 e. The molecule has 0 atom stereocenters.